The maximum atomic E-state index is 5.42. The zero-order valence-electron chi connectivity index (χ0n) is 15.8. The number of anilines is 1. The first kappa shape index (κ1) is 19.8. The summed E-state index contributed by atoms with van der Waals surface area (Å²) >= 11 is 0. The molecule has 1 saturated heterocycles. The molecule has 0 radical (unpaired) electrons. The third-order valence-corrected chi connectivity index (χ3v) is 6.04. The zero-order valence-corrected chi connectivity index (χ0v) is 15.8. The van der Waals surface area contributed by atoms with E-state index in [-0.39, 0.29) is 8.85 Å². The Bertz CT molecular complexity index is 722. The summed E-state index contributed by atoms with van der Waals surface area (Å²) < 4.78 is 5.42. The fourth-order valence-corrected chi connectivity index (χ4v) is 4.60. The van der Waals surface area contributed by atoms with Crippen LogP contribution in [0.5, 0.6) is 5.75 Å². The SMILES string of the molecule is C.COc1ccc2c(c1)[C@@H](CNC[C@@H]1CCCCN1c1ccccc1)CC2.[HH]. The predicted molar refractivity (Wildman–Crippen MR) is 117 cm³/mol. The van der Waals surface area contributed by atoms with Gasteiger partial charge in [0.25, 0.3) is 0 Å². The minimum atomic E-state index is 0. The second-order valence-corrected chi connectivity index (χ2v) is 7.64. The maximum absolute atomic E-state index is 5.42. The molecule has 0 unspecified atom stereocenters. The molecule has 0 spiro atoms. The molecule has 0 bridgehead atoms. The van der Waals surface area contributed by atoms with E-state index in [2.05, 4.69) is 58.7 Å². The molecular weight excluding hydrogens is 332 g/mol. The second kappa shape index (κ2) is 9.27. The second-order valence-electron chi connectivity index (χ2n) is 7.64. The van der Waals surface area contributed by atoms with Crippen molar-refractivity contribution in [3.63, 3.8) is 0 Å². The topological polar surface area (TPSA) is 24.5 Å². The summed E-state index contributed by atoms with van der Waals surface area (Å²) in [6, 6.07) is 18.1. The van der Waals surface area contributed by atoms with Gasteiger partial charge in [-0.15, -0.1) is 0 Å². The van der Waals surface area contributed by atoms with Crippen LogP contribution in [0.3, 0.4) is 0 Å². The summed E-state index contributed by atoms with van der Waals surface area (Å²) in [6.07, 6.45) is 6.39. The lowest BCUT2D eigenvalue weighted by Gasteiger charge is -2.38. The molecule has 1 heterocycles. The van der Waals surface area contributed by atoms with E-state index < -0.39 is 0 Å². The zero-order chi connectivity index (χ0) is 17.8. The lowest BCUT2D eigenvalue weighted by atomic mass is 9.99. The Morgan fingerprint density at radius 1 is 1.07 bits per heavy atom. The van der Waals surface area contributed by atoms with Gasteiger partial charge in [0.15, 0.2) is 0 Å². The molecule has 0 saturated carbocycles. The number of rotatable bonds is 6. The fraction of sp³-hybridized carbons (Fsp3) is 0.500. The van der Waals surface area contributed by atoms with Gasteiger partial charge in [0.2, 0.25) is 0 Å². The molecule has 4 rings (SSSR count). The van der Waals surface area contributed by atoms with Gasteiger partial charge < -0.3 is 15.0 Å². The summed E-state index contributed by atoms with van der Waals surface area (Å²) in [5.74, 6) is 1.60. The molecule has 148 valence electrons. The van der Waals surface area contributed by atoms with E-state index in [4.69, 9.17) is 4.74 Å². The van der Waals surface area contributed by atoms with Gasteiger partial charge in [-0.25, -0.2) is 0 Å². The van der Waals surface area contributed by atoms with Crippen LogP contribution >= 0.6 is 0 Å². The molecule has 2 aromatic rings. The van der Waals surface area contributed by atoms with Crippen LogP contribution in [0.25, 0.3) is 0 Å². The molecule has 3 heteroatoms. The molecule has 3 nitrogen and oxygen atoms in total. The number of ether oxygens (including phenoxy) is 1. The van der Waals surface area contributed by atoms with E-state index in [1.165, 1.54) is 55.5 Å². The number of benzene rings is 2. The van der Waals surface area contributed by atoms with Gasteiger partial charge in [-0.2, -0.15) is 0 Å². The van der Waals surface area contributed by atoms with Gasteiger partial charge in [0, 0.05) is 32.8 Å². The molecule has 1 aliphatic heterocycles. The van der Waals surface area contributed by atoms with Crippen LogP contribution in [-0.4, -0.2) is 32.8 Å². The van der Waals surface area contributed by atoms with Crippen LogP contribution in [0.1, 0.15) is 51.6 Å². The van der Waals surface area contributed by atoms with Crippen molar-refractivity contribution in [3.05, 3.63) is 59.7 Å². The standard InChI is InChI=1S/C23H30N2O.CH4.H2/c1-26-22-13-12-18-10-11-19(23(18)15-22)16-24-17-21-9-5-6-14-25(21)20-7-3-2-4-8-20;;/h2-4,7-8,12-13,15,19,21,24H,5-6,9-11,14,16-17H2,1H3;1H4;1H/t19-,21+;;/m1../s1. The van der Waals surface area contributed by atoms with Crippen LogP contribution in [0, 0.1) is 0 Å². The van der Waals surface area contributed by atoms with E-state index >= 15 is 0 Å². The highest BCUT2D eigenvalue weighted by Gasteiger charge is 2.25. The Kier molecular flexibility index (Phi) is 6.78. The number of aryl methyl sites for hydroxylation is 1. The highest BCUT2D eigenvalue weighted by Crippen LogP contribution is 2.35. The smallest absolute Gasteiger partial charge is 0.119 e. The summed E-state index contributed by atoms with van der Waals surface area (Å²) in [6.45, 7) is 3.32. The van der Waals surface area contributed by atoms with Crippen molar-refractivity contribution in [2.45, 2.75) is 51.5 Å². The number of methoxy groups -OCH3 is 1. The first-order chi connectivity index (χ1) is 12.8. The number of hydrogen-bond donors (Lipinski definition) is 1. The molecule has 2 atom stereocenters. The van der Waals surface area contributed by atoms with Crippen molar-refractivity contribution in [3.8, 4) is 5.75 Å². The van der Waals surface area contributed by atoms with Gasteiger partial charge in [-0.1, -0.05) is 31.7 Å². The lowest BCUT2D eigenvalue weighted by Crippen LogP contribution is -2.46. The number of hydrogen-bond acceptors (Lipinski definition) is 3. The van der Waals surface area contributed by atoms with Crippen LogP contribution in [-0.2, 0) is 6.42 Å². The summed E-state index contributed by atoms with van der Waals surface area (Å²) in [5.41, 5.74) is 4.36. The molecule has 1 fully saturated rings. The molecule has 2 aliphatic rings. The first-order valence-corrected chi connectivity index (χ1v) is 10.0. The van der Waals surface area contributed by atoms with Crippen molar-refractivity contribution in [1.82, 2.24) is 5.32 Å². The first-order valence-electron chi connectivity index (χ1n) is 10.0. The van der Waals surface area contributed by atoms with Crippen LogP contribution in [0.2, 0.25) is 0 Å². The maximum Gasteiger partial charge on any atom is 0.119 e. The van der Waals surface area contributed by atoms with E-state index in [1.54, 1.807) is 7.11 Å². The van der Waals surface area contributed by atoms with Gasteiger partial charge in [0.1, 0.15) is 5.75 Å². The molecule has 27 heavy (non-hydrogen) atoms. The third-order valence-electron chi connectivity index (χ3n) is 6.04. The minimum Gasteiger partial charge on any atom is -0.497 e. The van der Waals surface area contributed by atoms with Gasteiger partial charge in [0.05, 0.1) is 7.11 Å². The Hall–Kier alpha value is -2.00. The van der Waals surface area contributed by atoms with E-state index in [0.717, 1.165) is 18.8 Å². The van der Waals surface area contributed by atoms with Crippen LogP contribution in [0.15, 0.2) is 48.5 Å². The Balaban J connectivity index is 0.00000140. The van der Waals surface area contributed by atoms with Crippen LogP contribution < -0.4 is 15.0 Å². The number of nitrogens with one attached hydrogen (secondary N) is 1. The quantitative estimate of drug-likeness (QED) is 0.753. The van der Waals surface area contributed by atoms with Crippen molar-refractivity contribution in [2.75, 3.05) is 31.6 Å². The fourth-order valence-electron chi connectivity index (χ4n) is 4.60. The predicted octanol–water partition coefficient (Wildman–Crippen LogP) is 5.26. The van der Waals surface area contributed by atoms with Crippen molar-refractivity contribution >= 4 is 5.69 Å². The van der Waals surface area contributed by atoms with E-state index in [9.17, 15) is 0 Å². The highest BCUT2D eigenvalue weighted by atomic mass is 16.5. The van der Waals surface area contributed by atoms with Gasteiger partial charge >= 0.3 is 0 Å². The van der Waals surface area contributed by atoms with Crippen molar-refractivity contribution in [1.29, 1.82) is 0 Å². The largest absolute Gasteiger partial charge is 0.497 e. The average Bonchev–Trinajstić information content (AvgIpc) is 3.11. The minimum absolute atomic E-state index is 0. The van der Waals surface area contributed by atoms with Crippen LogP contribution in [0.4, 0.5) is 5.69 Å². The Morgan fingerprint density at radius 2 is 1.93 bits per heavy atom. The summed E-state index contributed by atoms with van der Waals surface area (Å²) in [4.78, 5) is 2.60. The molecule has 2 aromatic carbocycles. The molecule has 0 aromatic heterocycles. The van der Waals surface area contributed by atoms with Crippen molar-refractivity contribution in [2.24, 2.45) is 0 Å². The lowest BCUT2D eigenvalue weighted by molar-refractivity contribution is 0.413. The highest BCUT2D eigenvalue weighted by molar-refractivity contribution is 5.47. The summed E-state index contributed by atoms with van der Waals surface area (Å²) in [7, 11) is 1.76. The summed E-state index contributed by atoms with van der Waals surface area (Å²) in [5, 5.41) is 3.79. The van der Waals surface area contributed by atoms with E-state index in [1.807, 2.05) is 0 Å². The molecule has 1 N–H and O–H groups in total. The molecular formula is C24H36N2O. The van der Waals surface area contributed by atoms with Gasteiger partial charge in [-0.05, 0) is 73.4 Å². The Labute approximate surface area is 166 Å². The molecule has 0 amide bonds. The number of piperidine rings is 1. The number of nitrogens with zero attached hydrogens (tertiary/aromatic N) is 1. The number of para-hydroxylation sites is 1. The Morgan fingerprint density at radius 3 is 2.74 bits per heavy atom. The van der Waals surface area contributed by atoms with Crippen molar-refractivity contribution < 1.29 is 6.16 Å². The third kappa shape index (κ3) is 4.47. The normalized spacial score (nSPS) is 21.4. The monoisotopic (exact) mass is 368 g/mol. The number of fused-ring (bicyclic) bond motifs is 1. The average molecular weight is 369 g/mol. The van der Waals surface area contributed by atoms with Gasteiger partial charge in [-0.3, -0.25) is 0 Å². The van der Waals surface area contributed by atoms with E-state index in [0.29, 0.717) is 12.0 Å². The molecule has 1 aliphatic carbocycles.